The Morgan fingerprint density at radius 1 is 1.12 bits per heavy atom. The lowest BCUT2D eigenvalue weighted by Gasteiger charge is -2.27. The van der Waals surface area contributed by atoms with E-state index in [9.17, 15) is 9.59 Å². The molecule has 130 valence electrons. The summed E-state index contributed by atoms with van der Waals surface area (Å²) in [5.41, 5.74) is -0.0597. The number of fused-ring (bicyclic) bond motifs is 6. The van der Waals surface area contributed by atoms with Crippen LogP contribution in [0.2, 0.25) is 5.02 Å². The van der Waals surface area contributed by atoms with Crippen LogP contribution in [0.25, 0.3) is 11.0 Å². The van der Waals surface area contributed by atoms with Crippen LogP contribution in [0.3, 0.4) is 0 Å². The molecule has 3 fully saturated rings. The molecule has 1 aromatic carbocycles. The van der Waals surface area contributed by atoms with E-state index >= 15 is 0 Å². The van der Waals surface area contributed by atoms with Crippen molar-refractivity contribution in [1.82, 2.24) is 0 Å². The molecule has 0 spiro atoms. The minimum absolute atomic E-state index is 0.177. The van der Waals surface area contributed by atoms with Gasteiger partial charge in [0, 0.05) is 5.39 Å². The monoisotopic (exact) mass is 359 g/mol. The maximum atomic E-state index is 13.2. The highest BCUT2D eigenvalue weighted by Gasteiger charge is 2.72. The van der Waals surface area contributed by atoms with Crippen LogP contribution >= 0.6 is 11.6 Å². The van der Waals surface area contributed by atoms with Crippen molar-refractivity contribution >= 4 is 40.1 Å². The molecule has 3 aliphatic rings. The molecule has 0 radical (unpaired) electrons. The number of halogens is 1. The number of carbonyl (C=O) groups is 2. The fourth-order valence-electron chi connectivity index (χ4n) is 5.10. The Morgan fingerprint density at radius 2 is 1.72 bits per heavy atom. The first kappa shape index (κ1) is 15.4. The Balaban J connectivity index is 1.69. The Hall–Kier alpha value is -1.85. The lowest BCUT2D eigenvalue weighted by Crippen LogP contribution is -2.40. The fraction of sp³-hybridized carbons (Fsp3) is 0.474. The maximum absolute atomic E-state index is 13.2. The van der Waals surface area contributed by atoms with Gasteiger partial charge in [-0.15, -0.1) is 0 Å². The maximum Gasteiger partial charge on any atom is 0.240 e. The van der Waals surface area contributed by atoms with Crippen LogP contribution < -0.4 is 4.90 Å². The quantitative estimate of drug-likeness (QED) is 0.726. The summed E-state index contributed by atoms with van der Waals surface area (Å²) >= 11 is 6.22. The smallest absolute Gasteiger partial charge is 0.240 e. The molecule has 2 aromatic rings. The largest absolute Gasteiger partial charge is 0.460 e. The molecular formula is C19H18ClNO4. The third-order valence-corrected chi connectivity index (χ3v) is 6.48. The molecule has 0 aliphatic carbocycles. The van der Waals surface area contributed by atoms with E-state index in [1.165, 1.54) is 4.90 Å². The Bertz CT molecular complexity index is 932. The molecule has 4 heterocycles. The summed E-state index contributed by atoms with van der Waals surface area (Å²) in [6.07, 6.45) is 1.61. The summed E-state index contributed by atoms with van der Waals surface area (Å²) in [6, 6.07) is 5.22. The molecule has 6 heteroatoms. The Kier molecular flexibility index (Phi) is 2.75. The van der Waals surface area contributed by atoms with Gasteiger partial charge in [0.1, 0.15) is 5.76 Å². The summed E-state index contributed by atoms with van der Waals surface area (Å²) in [5.74, 6) is -0.507. The molecule has 2 amide bonds. The van der Waals surface area contributed by atoms with Crippen LogP contribution in [0, 0.1) is 18.8 Å². The summed E-state index contributed by atoms with van der Waals surface area (Å²) in [6.45, 7) is 5.73. The number of nitrogens with zero attached hydrogens (tertiary/aromatic N) is 1. The summed E-state index contributed by atoms with van der Waals surface area (Å²) in [7, 11) is 0. The van der Waals surface area contributed by atoms with E-state index in [4.69, 9.17) is 20.8 Å². The highest BCUT2D eigenvalue weighted by atomic mass is 35.5. The van der Waals surface area contributed by atoms with Gasteiger partial charge in [0.05, 0.1) is 33.7 Å². The normalized spacial score (nSPS) is 36.7. The zero-order valence-corrected chi connectivity index (χ0v) is 15.0. The molecule has 1 aromatic heterocycles. The van der Waals surface area contributed by atoms with Crippen LogP contribution in [0.1, 0.15) is 32.4 Å². The van der Waals surface area contributed by atoms with Crippen LogP contribution in [0.4, 0.5) is 5.69 Å². The van der Waals surface area contributed by atoms with Crippen LogP contribution in [-0.2, 0) is 14.3 Å². The van der Waals surface area contributed by atoms with Gasteiger partial charge in [-0.2, -0.15) is 0 Å². The van der Waals surface area contributed by atoms with Gasteiger partial charge in [-0.3, -0.25) is 9.59 Å². The third kappa shape index (κ3) is 1.73. The number of anilines is 1. The second-order valence-electron chi connectivity index (χ2n) is 7.86. The first-order chi connectivity index (χ1) is 11.8. The topological polar surface area (TPSA) is 59.8 Å². The van der Waals surface area contributed by atoms with Crippen molar-refractivity contribution in [3.8, 4) is 0 Å². The van der Waals surface area contributed by atoms with Gasteiger partial charge in [0.15, 0.2) is 5.58 Å². The van der Waals surface area contributed by atoms with Crippen LogP contribution in [0.15, 0.2) is 22.6 Å². The number of amides is 2. The third-order valence-electron chi connectivity index (χ3n) is 6.18. The summed E-state index contributed by atoms with van der Waals surface area (Å²) in [4.78, 5) is 27.8. The van der Waals surface area contributed by atoms with Crippen molar-refractivity contribution in [2.75, 3.05) is 4.90 Å². The van der Waals surface area contributed by atoms with Gasteiger partial charge in [0.2, 0.25) is 11.8 Å². The van der Waals surface area contributed by atoms with Crippen molar-refractivity contribution in [3.63, 3.8) is 0 Å². The summed E-state index contributed by atoms with van der Waals surface area (Å²) < 4.78 is 11.8. The first-order valence-electron chi connectivity index (χ1n) is 8.52. The molecule has 25 heavy (non-hydrogen) atoms. The van der Waals surface area contributed by atoms with E-state index in [1.54, 1.807) is 12.1 Å². The van der Waals surface area contributed by atoms with Gasteiger partial charge in [0.25, 0.3) is 0 Å². The van der Waals surface area contributed by atoms with Gasteiger partial charge in [-0.1, -0.05) is 11.6 Å². The number of ether oxygens (including phenoxy) is 1. The predicted molar refractivity (Wildman–Crippen MR) is 92.6 cm³/mol. The number of furan rings is 1. The van der Waals surface area contributed by atoms with Crippen molar-refractivity contribution in [1.29, 1.82) is 0 Å². The van der Waals surface area contributed by atoms with E-state index in [2.05, 4.69) is 0 Å². The average molecular weight is 360 g/mol. The van der Waals surface area contributed by atoms with Crippen LogP contribution in [0.5, 0.6) is 0 Å². The predicted octanol–water partition coefficient (Wildman–Crippen LogP) is 3.84. The van der Waals surface area contributed by atoms with Crippen molar-refractivity contribution < 1.29 is 18.7 Å². The van der Waals surface area contributed by atoms with Crippen molar-refractivity contribution in [3.05, 3.63) is 29.0 Å². The molecular weight excluding hydrogens is 342 g/mol. The van der Waals surface area contributed by atoms with E-state index in [1.807, 2.05) is 26.8 Å². The van der Waals surface area contributed by atoms with E-state index in [0.29, 0.717) is 27.4 Å². The standard InChI is InChI=1S/C19H18ClNO4/c1-9-8-10-12(5-4-11(20)15(10)24-9)21-16(22)13-14(17(21)23)19(3)7-6-18(13,2)25-19/h4-5,8,13-14H,6-7H2,1-3H3/t13-,14+,18-,19+. The zero-order valence-electron chi connectivity index (χ0n) is 14.3. The number of imide groups is 1. The highest BCUT2D eigenvalue weighted by molar-refractivity contribution is 6.36. The van der Waals surface area contributed by atoms with Gasteiger partial charge >= 0.3 is 0 Å². The number of rotatable bonds is 1. The van der Waals surface area contributed by atoms with Gasteiger partial charge in [-0.25, -0.2) is 4.90 Å². The molecule has 0 N–H and O–H groups in total. The van der Waals surface area contributed by atoms with Crippen molar-refractivity contribution in [2.24, 2.45) is 11.8 Å². The second kappa shape index (κ2) is 4.46. The van der Waals surface area contributed by atoms with Gasteiger partial charge < -0.3 is 9.15 Å². The summed E-state index contributed by atoms with van der Waals surface area (Å²) in [5, 5.41) is 1.16. The molecule has 5 nitrogen and oxygen atoms in total. The number of hydrogen-bond donors (Lipinski definition) is 0. The minimum atomic E-state index is -0.557. The van der Waals surface area contributed by atoms with E-state index in [-0.39, 0.29) is 11.8 Å². The fourth-order valence-corrected chi connectivity index (χ4v) is 5.30. The molecule has 2 bridgehead atoms. The number of hydrogen-bond acceptors (Lipinski definition) is 4. The molecule has 0 saturated carbocycles. The number of carbonyl (C=O) groups excluding carboxylic acids is 2. The zero-order chi connectivity index (χ0) is 17.7. The molecule has 3 saturated heterocycles. The lowest BCUT2D eigenvalue weighted by atomic mass is 9.69. The number of benzene rings is 1. The molecule has 5 rings (SSSR count). The molecule has 3 aliphatic heterocycles. The average Bonchev–Trinajstić information content (AvgIpc) is 3.21. The van der Waals surface area contributed by atoms with E-state index in [0.717, 1.165) is 12.8 Å². The van der Waals surface area contributed by atoms with E-state index < -0.39 is 23.0 Å². The lowest BCUT2D eigenvalue weighted by molar-refractivity contribution is -0.129. The highest BCUT2D eigenvalue weighted by Crippen LogP contribution is 2.61. The Morgan fingerprint density at radius 3 is 2.32 bits per heavy atom. The SMILES string of the molecule is Cc1cc2c(N3C(=O)[C@@H]4[C@H](C3=O)[C@@]3(C)CC[C@]4(C)O3)ccc(Cl)c2o1. The van der Waals surface area contributed by atoms with Gasteiger partial charge in [-0.05, 0) is 51.8 Å². The molecule has 4 atom stereocenters. The van der Waals surface area contributed by atoms with Crippen molar-refractivity contribution in [2.45, 2.75) is 44.8 Å². The minimum Gasteiger partial charge on any atom is -0.460 e. The second-order valence-corrected chi connectivity index (χ2v) is 8.27. The van der Waals surface area contributed by atoms with Crippen LogP contribution in [-0.4, -0.2) is 23.0 Å². The Labute approximate surface area is 149 Å². The number of aryl methyl sites for hydroxylation is 1. The first-order valence-corrected chi connectivity index (χ1v) is 8.90. The molecule has 0 unspecified atom stereocenters.